The van der Waals surface area contributed by atoms with E-state index in [4.69, 9.17) is 0 Å². The van der Waals surface area contributed by atoms with Gasteiger partial charge in [0.25, 0.3) is 10.1 Å². The van der Waals surface area contributed by atoms with E-state index in [0.717, 1.165) is 6.26 Å². The van der Waals surface area contributed by atoms with Crippen LogP contribution in [0.25, 0.3) is 0 Å². The Bertz CT molecular complexity index is 284. The molecule has 1 rings (SSSR count). The van der Waals surface area contributed by atoms with Crippen molar-refractivity contribution < 1.29 is 17.4 Å². The van der Waals surface area contributed by atoms with Crippen molar-refractivity contribution in [3.8, 4) is 0 Å². The van der Waals surface area contributed by atoms with Crippen LogP contribution < -0.4 is 5.32 Å². The molecule has 1 heterocycles. The van der Waals surface area contributed by atoms with Crippen LogP contribution in [0.2, 0.25) is 0 Å². The second-order valence-corrected chi connectivity index (χ2v) is 4.46. The van der Waals surface area contributed by atoms with E-state index in [-0.39, 0.29) is 11.8 Å². The van der Waals surface area contributed by atoms with Gasteiger partial charge >= 0.3 is 0 Å². The quantitative estimate of drug-likeness (QED) is 0.465. The molecule has 0 unspecified atom stereocenters. The fraction of sp³-hybridized carbons (Fsp3) is 0.833. The van der Waals surface area contributed by atoms with Crippen molar-refractivity contribution >= 4 is 16.0 Å². The number of carbonyl (C=O) groups is 1. The van der Waals surface area contributed by atoms with Gasteiger partial charge in [-0.1, -0.05) is 0 Å². The lowest BCUT2D eigenvalue weighted by atomic mass is 9.97. The molecule has 0 aromatic rings. The number of carbonyl (C=O) groups excluding carboxylic acids is 1. The maximum Gasteiger partial charge on any atom is 0.264 e. The van der Waals surface area contributed by atoms with E-state index in [1.54, 1.807) is 6.92 Å². The number of hydrogen-bond acceptors (Lipinski definition) is 4. The minimum absolute atomic E-state index is 0.147. The van der Waals surface area contributed by atoms with Crippen molar-refractivity contribution in [1.29, 1.82) is 0 Å². The third-order valence-electron chi connectivity index (χ3n) is 1.73. The van der Waals surface area contributed by atoms with E-state index < -0.39 is 16.2 Å². The van der Waals surface area contributed by atoms with Crippen molar-refractivity contribution in [2.24, 2.45) is 5.92 Å². The van der Waals surface area contributed by atoms with Gasteiger partial charge in [-0.2, -0.15) is 8.42 Å². The molecule has 1 aliphatic rings. The van der Waals surface area contributed by atoms with Crippen LogP contribution in [0.3, 0.4) is 0 Å². The minimum Gasteiger partial charge on any atom is -0.355 e. The van der Waals surface area contributed by atoms with Crippen LogP contribution in [0.15, 0.2) is 0 Å². The smallest absolute Gasteiger partial charge is 0.264 e. The highest BCUT2D eigenvalue weighted by Crippen LogP contribution is 2.15. The summed E-state index contributed by atoms with van der Waals surface area (Å²) in [6.45, 7) is 2.07. The SMILES string of the molecule is C[C@@H](OS(C)(=O)=O)[C@@H]1CNC1=O. The monoisotopic (exact) mass is 193 g/mol. The summed E-state index contributed by atoms with van der Waals surface area (Å²) < 4.78 is 25.9. The third kappa shape index (κ3) is 2.18. The van der Waals surface area contributed by atoms with Crippen LogP contribution in [0, 0.1) is 5.92 Å². The number of β-lactam (4-membered cyclic amide) rings is 1. The molecule has 0 aromatic carbocycles. The van der Waals surface area contributed by atoms with Gasteiger partial charge in [-0.3, -0.25) is 8.98 Å². The summed E-state index contributed by atoms with van der Waals surface area (Å²) in [5, 5.41) is 2.51. The molecule has 70 valence electrons. The van der Waals surface area contributed by atoms with Gasteiger partial charge < -0.3 is 5.32 Å². The lowest BCUT2D eigenvalue weighted by molar-refractivity contribution is -0.134. The largest absolute Gasteiger partial charge is 0.355 e. The third-order valence-corrected chi connectivity index (χ3v) is 2.38. The Morgan fingerprint density at radius 2 is 2.25 bits per heavy atom. The van der Waals surface area contributed by atoms with E-state index >= 15 is 0 Å². The van der Waals surface area contributed by atoms with Gasteiger partial charge in [-0.15, -0.1) is 0 Å². The van der Waals surface area contributed by atoms with Gasteiger partial charge in [0.05, 0.1) is 18.3 Å². The van der Waals surface area contributed by atoms with Gasteiger partial charge in [-0.05, 0) is 6.92 Å². The van der Waals surface area contributed by atoms with Crippen molar-refractivity contribution in [2.45, 2.75) is 13.0 Å². The molecule has 1 fully saturated rings. The van der Waals surface area contributed by atoms with Crippen molar-refractivity contribution in [2.75, 3.05) is 12.8 Å². The topological polar surface area (TPSA) is 72.5 Å². The molecule has 0 radical (unpaired) electrons. The predicted molar refractivity (Wildman–Crippen MR) is 41.9 cm³/mol. The Morgan fingerprint density at radius 1 is 1.67 bits per heavy atom. The molecule has 0 spiro atoms. The molecule has 0 bridgehead atoms. The van der Waals surface area contributed by atoms with E-state index in [1.807, 2.05) is 0 Å². The number of hydrogen-bond donors (Lipinski definition) is 1. The summed E-state index contributed by atoms with van der Waals surface area (Å²) >= 11 is 0. The molecular weight excluding hydrogens is 182 g/mol. The zero-order valence-corrected chi connectivity index (χ0v) is 7.72. The van der Waals surface area contributed by atoms with Crippen LogP contribution in [-0.2, 0) is 19.1 Å². The zero-order chi connectivity index (χ0) is 9.35. The van der Waals surface area contributed by atoms with Crippen molar-refractivity contribution in [3.63, 3.8) is 0 Å². The summed E-state index contributed by atoms with van der Waals surface area (Å²) in [7, 11) is -3.45. The Labute approximate surface area is 71.2 Å². The average Bonchev–Trinajstić information content (AvgIpc) is 1.79. The molecule has 1 aliphatic heterocycles. The van der Waals surface area contributed by atoms with Crippen LogP contribution in [-0.4, -0.2) is 33.2 Å². The van der Waals surface area contributed by atoms with Crippen LogP contribution in [0.1, 0.15) is 6.92 Å². The highest BCUT2D eigenvalue weighted by Gasteiger charge is 2.35. The van der Waals surface area contributed by atoms with Gasteiger partial charge in [0.2, 0.25) is 5.91 Å². The lowest BCUT2D eigenvalue weighted by Crippen LogP contribution is -2.54. The second-order valence-electron chi connectivity index (χ2n) is 2.86. The molecule has 6 heteroatoms. The summed E-state index contributed by atoms with van der Waals surface area (Å²) in [6, 6.07) is 0. The molecule has 0 aliphatic carbocycles. The molecule has 0 aromatic heterocycles. The van der Waals surface area contributed by atoms with Crippen molar-refractivity contribution in [1.82, 2.24) is 5.32 Å². The summed E-state index contributed by atoms with van der Waals surface area (Å²) in [5.74, 6) is -0.467. The summed E-state index contributed by atoms with van der Waals surface area (Å²) in [6.07, 6.45) is 0.411. The predicted octanol–water partition coefficient (Wildman–Crippen LogP) is -0.903. The Morgan fingerprint density at radius 3 is 2.50 bits per heavy atom. The highest BCUT2D eigenvalue weighted by atomic mass is 32.2. The maximum absolute atomic E-state index is 10.8. The number of rotatable bonds is 3. The molecule has 1 N–H and O–H groups in total. The molecule has 5 nitrogen and oxygen atoms in total. The first-order chi connectivity index (χ1) is 5.40. The van der Waals surface area contributed by atoms with E-state index in [1.165, 1.54) is 0 Å². The van der Waals surface area contributed by atoms with Gasteiger partial charge in [0.15, 0.2) is 0 Å². The zero-order valence-electron chi connectivity index (χ0n) is 6.90. The standard InChI is InChI=1S/C6H11NO4S/c1-4(11-12(2,9)10)5-3-7-6(5)8/h4-5H,3H2,1-2H3,(H,7,8)/t4-,5+/m1/s1. The molecule has 0 saturated carbocycles. The summed E-state index contributed by atoms with van der Waals surface area (Å²) in [5.41, 5.74) is 0. The highest BCUT2D eigenvalue weighted by molar-refractivity contribution is 7.86. The minimum atomic E-state index is -3.45. The van der Waals surface area contributed by atoms with Gasteiger partial charge in [0, 0.05) is 6.54 Å². The normalized spacial score (nSPS) is 25.8. The Kier molecular flexibility index (Phi) is 2.39. The fourth-order valence-corrected chi connectivity index (χ4v) is 1.71. The first-order valence-corrected chi connectivity index (χ1v) is 5.38. The Hall–Kier alpha value is -0.620. The van der Waals surface area contributed by atoms with Crippen LogP contribution in [0.4, 0.5) is 0 Å². The summed E-state index contributed by atoms with van der Waals surface area (Å²) in [4.78, 5) is 10.8. The Balaban J connectivity index is 2.49. The average molecular weight is 193 g/mol. The molecule has 1 saturated heterocycles. The van der Waals surface area contributed by atoms with Gasteiger partial charge in [-0.25, -0.2) is 0 Å². The van der Waals surface area contributed by atoms with Gasteiger partial charge in [0.1, 0.15) is 0 Å². The van der Waals surface area contributed by atoms with Crippen molar-refractivity contribution in [3.05, 3.63) is 0 Å². The van der Waals surface area contributed by atoms with Crippen LogP contribution >= 0.6 is 0 Å². The van der Waals surface area contributed by atoms with Crippen LogP contribution in [0.5, 0.6) is 0 Å². The maximum atomic E-state index is 10.8. The number of amides is 1. The van der Waals surface area contributed by atoms with E-state index in [2.05, 4.69) is 9.50 Å². The van der Waals surface area contributed by atoms with E-state index in [9.17, 15) is 13.2 Å². The molecule has 2 atom stereocenters. The molecule has 1 amide bonds. The fourth-order valence-electron chi connectivity index (χ4n) is 1.03. The number of nitrogens with one attached hydrogen (secondary N) is 1. The lowest BCUT2D eigenvalue weighted by Gasteiger charge is -2.29. The second kappa shape index (κ2) is 3.02. The molecule has 12 heavy (non-hydrogen) atoms. The first kappa shape index (κ1) is 9.47. The molecular formula is C6H11NO4S. The van der Waals surface area contributed by atoms with E-state index in [0.29, 0.717) is 6.54 Å². The first-order valence-electron chi connectivity index (χ1n) is 3.56.